The van der Waals surface area contributed by atoms with E-state index in [0.29, 0.717) is 0 Å². The van der Waals surface area contributed by atoms with Crippen molar-refractivity contribution in [2.75, 3.05) is 11.9 Å². The first-order valence-corrected chi connectivity index (χ1v) is 7.35. The molecule has 3 heteroatoms. The second-order valence-corrected chi connectivity index (χ2v) is 5.60. The molecule has 1 aromatic carbocycles. The van der Waals surface area contributed by atoms with Gasteiger partial charge in [0, 0.05) is 25.3 Å². The fraction of sp³-hybridized carbons (Fsp3) is 0.333. The molecule has 0 unspecified atom stereocenters. The van der Waals surface area contributed by atoms with E-state index in [-0.39, 0.29) is 0 Å². The van der Waals surface area contributed by atoms with Gasteiger partial charge in [-0.3, -0.25) is 0 Å². The zero-order valence-electron chi connectivity index (χ0n) is 10.6. The number of benzene rings is 1. The summed E-state index contributed by atoms with van der Waals surface area (Å²) >= 11 is 1.78. The quantitative estimate of drug-likeness (QED) is 0.879. The first kappa shape index (κ1) is 11.8. The molecule has 2 aromatic rings. The molecule has 0 radical (unpaired) electrons. The Morgan fingerprint density at radius 2 is 2.22 bits per heavy atom. The molecule has 2 N–H and O–H groups in total. The average molecular weight is 258 g/mol. The summed E-state index contributed by atoms with van der Waals surface area (Å²) in [6.45, 7) is 5.17. The third-order valence-electron chi connectivity index (χ3n) is 3.49. The number of rotatable bonds is 4. The van der Waals surface area contributed by atoms with Crippen LogP contribution in [0.4, 0.5) is 5.69 Å². The molecule has 3 rings (SSSR count). The molecular formula is C15H18N2S. The molecule has 2 nitrogen and oxygen atoms in total. The van der Waals surface area contributed by atoms with Crippen molar-refractivity contribution in [3.63, 3.8) is 0 Å². The summed E-state index contributed by atoms with van der Waals surface area (Å²) in [4.78, 5) is 0. The van der Waals surface area contributed by atoms with Crippen molar-refractivity contribution in [3.8, 4) is 0 Å². The Morgan fingerprint density at radius 3 is 3.06 bits per heavy atom. The lowest BCUT2D eigenvalue weighted by Gasteiger charge is -2.07. The maximum Gasteiger partial charge on any atom is 0.0373 e. The number of thiophene rings is 1. The molecule has 18 heavy (non-hydrogen) atoms. The highest BCUT2D eigenvalue weighted by atomic mass is 32.1. The van der Waals surface area contributed by atoms with Crippen LogP contribution < -0.4 is 10.6 Å². The topological polar surface area (TPSA) is 24.1 Å². The molecule has 0 saturated carbocycles. The minimum absolute atomic E-state index is 0.947. The fourth-order valence-electron chi connectivity index (χ4n) is 2.38. The normalized spacial score (nSPS) is 13.4. The summed E-state index contributed by atoms with van der Waals surface area (Å²) in [5.41, 5.74) is 6.97. The van der Waals surface area contributed by atoms with Crippen LogP contribution in [0.25, 0.3) is 0 Å². The predicted molar refractivity (Wildman–Crippen MR) is 78.2 cm³/mol. The molecule has 1 aromatic heterocycles. The van der Waals surface area contributed by atoms with Crippen LogP contribution in [0.1, 0.15) is 22.3 Å². The molecule has 94 valence electrons. The monoisotopic (exact) mass is 258 g/mol. The van der Waals surface area contributed by atoms with E-state index in [1.807, 2.05) is 0 Å². The Morgan fingerprint density at radius 1 is 1.28 bits per heavy atom. The van der Waals surface area contributed by atoms with E-state index < -0.39 is 0 Å². The van der Waals surface area contributed by atoms with Crippen molar-refractivity contribution in [1.82, 2.24) is 5.32 Å². The van der Waals surface area contributed by atoms with Crippen LogP contribution in [0.3, 0.4) is 0 Å². The highest BCUT2D eigenvalue weighted by molar-refractivity contribution is 7.08. The molecule has 1 aliphatic rings. The third-order valence-corrected chi connectivity index (χ3v) is 4.40. The van der Waals surface area contributed by atoms with Gasteiger partial charge < -0.3 is 10.6 Å². The lowest BCUT2D eigenvalue weighted by molar-refractivity contribution is 0.692. The number of nitrogens with one attached hydrogen (secondary N) is 2. The number of hydrogen-bond acceptors (Lipinski definition) is 3. The Bertz CT molecular complexity index is 545. The molecule has 0 atom stereocenters. The lowest BCUT2D eigenvalue weighted by atomic mass is 10.1. The molecule has 0 spiro atoms. The van der Waals surface area contributed by atoms with Gasteiger partial charge >= 0.3 is 0 Å². The molecule has 0 fully saturated rings. The van der Waals surface area contributed by atoms with Crippen molar-refractivity contribution >= 4 is 17.0 Å². The maximum atomic E-state index is 3.52. The molecule has 2 heterocycles. The predicted octanol–water partition coefficient (Wildman–Crippen LogP) is 3.31. The van der Waals surface area contributed by atoms with E-state index in [0.717, 1.165) is 26.1 Å². The molecular weight excluding hydrogens is 240 g/mol. The van der Waals surface area contributed by atoms with Gasteiger partial charge in [-0.15, -0.1) is 0 Å². The Balaban J connectivity index is 1.59. The van der Waals surface area contributed by atoms with Gasteiger partial charge in [-0.05, 0) is 52.4 Å². The Hall–Kier alpha value is -1.32. The largest absolute Gasteiger partial charge is 0.384 e. The smallest absolute Gasteiger partial charge is 0.0373 e. The van der Waals surface area contributed by atoms with Crippen molar-refractivity contribution in [2.24, 2.45) is 0 Å². The second-order valence-electron chi connectivity index (χ2n) is 4.85. The van der Waals surface area contributed by atoms with E-state index in [9.17, 15) is 0 Å². The van der Waals surface area contributed by atoms with E-state index >= 15 is 0 Å². The van der Waals surface area contributed by atoms with Crippen LogP contribution in [0.2, 0.25) is 0 Å². The van der Waals surface area contributed by atoms with E-state index in [2.05, 4.69) is 46.5 Å². The van der Waals surface area contributed by atoms with Crippen LogP contribution in [-0.4, -0.2) is 6.54 Å². The van der Waals surface area contributed by atoms with Crippen LogP contribution in [0, 0.1) is 6.92 Å². The lowest BCUT2D eigenvalue weighted by Crippen LogP contribution is -2.12. The molecule has 0 bridgehead atoms. The van der Waals surface area contributed by atoms with Crippen LogP contribution >= 0.6 is 11.3 Å². The summed E-state index contributed by atoms with van der Waals surface area (Å²) in [7, 11) is 0. The average Bonchev–Trinajstić information content (AvgIpc) is 2.98. The summed E-state index contributed by atoms with van der Waals surface area (Å²) in [6, 6.07) is 6.74. The second kappa shape index (κ2) is 5.12. The third kappa shape index (κ3) is 2.42. The van der Waals surface area contributed by atoms with Crippen LogP contribution in [0.5, 0.6) is 0 Å². The molecule has 0 aliphatic carbocycles. The first-order valence-electron chi connectivity index (χ1n) is 6.41. The Kier molecular flexibility index (Phi) is 3.35. The zero-order chi connectivity index (χ0) is 12.4. The molecule has 1 aliphatic heterocycles. The maximum absolute atomic E-state index is 3.52. The van der Waals surface area contributed by atoms with Crippen LogP contribution in [0.15, 0.2) is 29.0 Å². The van der Waals surface area contributed by atoms with Gasteiger partial charge in [-0.1, -0.05) is 12.1 Å². The van der Waals surface area contributed by atoms with Gasteiger partial charge in [0.15, 0.2) is 0 Å². The number of fused-ring (bicyclic) bond motifs is 1. The number of anilines is 1. The van der Waals surface area contributed by atoms with Gasteiger partial charge in [0.1, 0.15) is 0 Å². The van der Waals surface area contributed by atoms with Crippen molar-refractivity contribution in [1.29, 1.82) is 0 Å². The SMILES string of the molecule is Cc1cscc1CNCc1ccc2c(c1)CCN2. The summed E-state index contributed by atoms with van der Waals surface area (Å²) < 4.78 is 0. The first-order chi connectivity index (χ1) is 8.83. The Labute approximate surface area is 112 Å². The van der Waals surface area contributed by atoms with Gasteiger partial charge in [0.25, 0.3) is 0 Å². The van der Waals surface area contributed by atoms with E-state index in [1.54, 1.807) is 11.3 Å². The van der Waals surface area contributed by atoms with Crippen LogP contribution in [-0.2, 0) is 19.5 Å². The van der Waals surface area contributed by atoms with E-state index in [1.165, 1.54) is 27.9 Å². The highest BCUT2D eigenvalue weighted by Gasteiger charge is 2.09. The fourth-order valence-corrected chi connectivity index (χ4v) is 3.23. The molecule has 0 saturated heterocycles. The minimum atomic E-state index is 0.947. The number of aryl methyl sites for hydroxylation is 1. The van der Waals surface area contributed by atoms with Crippen molar-refractivity contribution in [3.05, 3.63) is 51.2 Å². The number of hydrogen-bond donors (Lipinski definition) is 2. The summed E-state index contributed by atoms with van der Waals surface area (Å²) in [6.07, 6.45) is 1.16. The zero-order valence-corrected chi connectivity index (χ0v) is 11.4. The van der Waals surface area contributed by atoms with E-state index in [4.69, 9.17) is 0 Å². The van der Waals surface area contributed by atoms with Crippen molar-refractivity contribution in [2.45, 2.75) is 26.4 Å². The van der Waals surface area contributed by atoms with Gasteiger partial charge in [-0.25, -0.2) is 0 Å². The van der Waals surface area contributed by atoms with Gasteiger partial charge in [0.05, 0.1) is 0 Å². The standard InChI is InChI=1S/C15H18N2S/c1-11-9-18-10-14(11)8-16-7-12-2-3-15-13(6-12)4-5-17-15/h2-3,6,9-10,16-17H,4-5,7-8H2,1H3. The summed E-state index contributed by atoms with van der Waals surface area (Å²) in [5, 5.41) is 11.4. The summed E-state index contributed by atoms with van der Waals surface area (Å²) in [5.74, 6) is 0. The molecule has 0 amide bonds. The van der Waals surface area contributed by atoms with Gasteiger partial charge in [-0.2, -0.15) is 11.3 Å². The van der Waals surface area contributed by atoms with Crippen molar-refractivity contribution < 1.29 is 0 Å². The minimum Gasteiger partial charge on any atom is -0.384 e. The highest BCUT2D eigenvalue weighted by Crippen LogP contribution is 2.23. The van der Waals surface area contributed by atoms with Gasteiger partial charge in [0.2, 0.25) is 0 Å².